The molecule has 2 aliphatic rings. The molecule has 2 heterocycles. The maximum Gasteiger partial charge on any atom is 0.227 e. The SMILES string of the molecule is O=C1CCCN1c1ccc2c(c1)C(c1ccc(-c3ccccc3)cc1)=NC2. The Morgan fingerprint density at radius 3 is 2.30 bits per heavy atom. The van der Waals surface area contributed by atoms with E-state index in [1.165, 1.54) is 16.7 Å². The van der Waals surface area contributed by atoms with Gasteiger partial charge in [-0.1, -0.05) is 60.7 Å². The molecule has 0 N–H and O–H groups in total. The first-order valence-electron chi connectivity index (χ1n) is 9.43. The molecule has 3 heteroatoms. The first kappa shape index (κ1) is 16.0. The van der Waals surface area contributed by atoms with Crippen molar-refractivity contribution in [3.63, 3.8) is 0 Å². The lowest BCUT2D eigenvalue weighted by Gasteiger charge is -2.17. The average Bonchev–Trinajstić information content (AvgIpc) is 3.34. The number of anilines is 1. The molecule has 1 saturated heterocycles. The van der Waals surface area contributed by atoms with Crippen molar-refractivity contribution in [2.45, 2.75) is 19.4 Å². The van der Waals surface area contributed by atoms with E-state index in [1.807, 2.05) is 11.0 Å². The Balaban J connectivity index is 1.47. The fourth-order valence-electron chi connectivity index (χ4n) is 3.96. The van der Waals surface area contributed by atoms with Crippen LogP contribution in [0.4, 0.5) is 5.69 Å². The molecule has 2 aliphatic heterocycles. The average molecular weight is 352 g/mol. The number of nitrogens with zero attached hydrogens (tertiary/aromatic N) is 2. The van der Waals surface area contributed by atoms with E-state index < -0.39 is 0 Å². The van der Waals surface area contributed by atoms with Gasteiger partial charge in [-0.25, -0.2) is 0 Å². The van der Waals surface area contributed by atoms with Crippen LogP contribution in [0, 0.1) is 0 Å². The molecule has 0 radical (unpaired) electrons. The number of amides is 1. The number of aliphatic imine (C=N–C) groups is 1. The van der Waals surface area contributed by atoms with Crippen LogP contribution < -0.4 is 4.90 Å². The van der Waals surface area contributed by atoms with Crippen LogP contribution >= 0.6 is 0 Å². The van der Waals surface area contributed by atoms with E-state index in [-0.39, 0.29) is 5.91 Å². The van der Waals surface area contributed by atoms with Crippen molar-refractivity contribution in [2.75, 3.05) is 11.4 Å². The summed E-state index contributed by atoms with van der Waals surface area (Å²) in [5.41, 5.74) is 7.94. The largest absolute Gasteiger partial charge is 0.312 e. The van der Waals surface area contributed by atoms with Crippen LogP contribution in [-0.2, 0) is 11.3 Å². The molecule has 27 heavy (non-hydrogen) atoms. The van der Waals surface area contributed by atoms with Crippen molar-refractivity contribution in [1.82, 2.24) is 0 Å². The van der Waals surface area contributed by atoms with Crippen molar-refractivity contribution >= 4 is 17.3 Å². The second-order valence-electron chi connectivity index (χ2n) is 7.10. The summed E-state index contributed by atoms with van der Waals surface area (Å²) in [6, 6.07) is 25.3. The molecule has 0 atom stereocenters. The van der Waals surface area contributed by atoms with Crippen molar-refractivity contribution in [2.24, 2.45) is 4.99 Å². The molecule has 0 bridgehead atoms. The molecule has 0 aromatic heterocycles. The summed E-state index contributed by atoms with van der Waals surface area (Å²) in [6.45, 7) is 1.52. The zero-order valence-electron chi connectivity index (χ0n) is 15.1. The molecular weight excluding hydrogens is 332 g/mol. The highest BCUT2D eigenvalue weighted by Gasteiger charge is 2.24. The minimum absolute atomic E-state index is 0.221. The molecule has 0 saturated carbocycles. The predicted octanol–water partition coefficient (Wildman–Crippen LogP) is 4.83. The van der Waals surface area contributed by atoms with E-state index in [2.05, 4.69) is 66.7 Å². The summed E-state index contributed by atoms with van der Waals surface area (Å²) < 4.78 is 0. The van der Waals surface area contributed by atoms with Crippen molar-refractivity contribution in [3.05, 3.63) is 89.5 Å². The number of hydrogen-bond donors (Lipinski definition) is 0. The summed E-state index contributed by atoms with van der Waals surface area (Å²) >= 11 is 0. The maximum atomic E-state index is 12.1. The Bertz CT molecular complexity index is 1040. The number of rotatable bonds is 3. The van der Waals surface area contributed by atoms with Gasteiger partial charge >= 0.3 is 0 Å². The van der Waals surface area contributed by atoms with Crippen LogP contribution in [0.2, 0.25) is 0 Å². The fraction of sp³-hybridized carbons (Fsp3) is 0.167. The predicted molar refractivity (Wildman–Crippen MR) is 109 cm³/mol. The molecule has 1 amide bonds. The zero-order valence-corrected chi connectivity index (χ0v) is 15.1. The van der Waals surface area contributed by atoms with Gasteiger partial charge in [-0.2, -0.15) is 0 Å². The highest BCUT2D eigenvalue weighted by molar-refractivity contribution is 6.16. The molecule has 1 fully saturated rings. The third-order valence-corrected chi connectivity index (χ3v) is 5.41. The summed E-state index contributed by atoms with van der Waals surface area (Å²) in [5.74, 6) is 0.221. The molecule has 5 rings (SSSR count). The number of hydrogen-bond acceptors (Lipinski definition) is 2. The van der Waals surface area contributed by atoms with Crippen LogP contribution in [0.3, 0.4) is 0 Å². The van der Waals surface area contributed by atoms with Crippen molar-refractivity contribution in [3.8, 4) is 11.1 Å². The van der Waals surface area contributed by atoms with Gasteiger partial charge in [0.25, 0.3) is 0 Å². The molecule has 3 nitrogen and oxygen atoms in total. The molecular formula is C24H20N2O. The Morgan fingerprint density at radius 2 is 1.56 bits per heavy atom. The molecule has 0 unspecified atom stereocenters. The Hall–Kier alpha value is -3.20. The van der Waals surface area contributed by atoms with Gasteiger partial charge < -0.3 is 4.90 Å². The number of benzene rings is 3. The van der Waals surface area contributed by atoms with Crippen LogP contribution in [-0.4, -0.2) is 18.2 Å². The minimum Gasteiger partial charge on any atom is -0.312 e. The summed E-state index contributed by atoms with van der Waals surface area (Å²) in [7, 11) is 0. The Morgan fingerprint density at radius 1 is 0.815 bits per heavy atom. The van der Waals surface area contributed by atoms with Gasteiger partial charge in [0.05, 0.1) is 12.3 Å². The van der Waals surface area contributed by atoms with Crippen LogP contribution in [0.1, 0.15) is 29.5 Å². The molecule has 3 aromatic rings. The minimum atomic E-state index is 0.221. The Kier molecular flexibility index (Phi) is 3.86. The van der Waals surface area contributed by atoms with Crippen LogP contribution in [0.25, 0.3) is 11.1 Å². The van der Waals surface area contributed by atoms with Crippen molar-refractivity contribution < 1.29 is 4.79 Å². The molecule has 0 aliphatic carbocycles. The normalized spacial score (nSPS) is 15.8. The maximum absolute atomic E-state index is 12.1. The third kappa shape index (κ3) is 2.85. The van der Waals surface area contributed by atoms with Gasteiger partial charge in [-0.15, -0.1) is 0 Å². The fourth-order valence-corrected chi connectivity index (χ4v) is 3.96. The summed E-state index contributed by atoms with van der Waals surface area (Å²) in [4.78, 5) is 18.8. The number of carbonyl (C=O) groups is 1. The lowest BCUT2D eigenvalue weighted by Crippen LogP contribution is -2.23. The van der Waals surface area contributed by atoms with Gasteiger partial charge in [-0.3, -0.25) is 9.79 Å². The molecule has 3 aromatic carbocycles. The smallest absolute Gasteiger partial charge is 0.227 e. The monoisotopic (exact) mass is 352 g/mol. The zero-order chi connectivity index (χ0) is 18.2. The summed E-state index contributed by atoms with van der Waals surface area (Å²) in [5, 5.41) is 0. The first-order chi connectivity index (χ1) is 13.3. The van der Waals surface area contributed by atoms with E-state index in [9.17, 15) is 4.79 Å². The van der Waals surface area contributed by atoms with Gasteiger partial charge in [0, 0.05) is 29.8 Å². The van der Waals surface area contributed by atoms with Crippen LogP contribution in [0.5, 0.6) is 0 Å². The second kappa shape index (κ2) is 6.51. The summed E-state index contributed by atoms with van der Waals surface area (Å²) in [6.07, 6.45) is 1.59. The second-order valence-corrected chi connectivity index (χ2v) is 7.10. The highest BCUT2D eigenvalue weighted by atomic mass is 16.2. The first-order valence-corrected chi connectivity index (χ1v) is 9.43. The lowest BCUT2D eigenvalue weighted by atomic mass is 9.97. The standard InChI is InChI=1S/C24H20N2O/c27-23-7-4-14-26(23)21-13-12-20-16-25-24(22(20)15-21)19-10-8-18(9-11-19)17-5-2-1-3-6-17/h1-3,5-6,8-13,15H,4,7,14,16H2. The molecule has 0 spiro atoms. The quantitative estimate of drug-likeness (QED) is 0.664. The number of carbonyl (C=O) groups excluding carboxylic acids is 1. The lowest BCUT2D eigenvalue weighted by molar-refractivity contribution is -0.117. The van der Waals surface area contributed by atoms with Gasteiger partial charge in [-0.05, 0) is 35.2 Å². The topological polar surface area (TPSA) is 32.7 Å². The van der Waals surface area contributed by atoms with E-state index >= 15 is 0 Å². The van der Waals surface area contributed by atoms with E-state index in [0.717, 1.165) is 35.5 Å². The van der Waals surface area contributed by atoms with E-state index in [1.54, 1.807) is 0 Å². The van der Waals surface area contributed by atoms with E-state index in [4.69, 9.17) is 4.99 Å². The van der Waals surface area contributed by atoms with Gasteiger partial charge in [0.15, 0.2) is 0 Å². The van der Waals surface area contributed by atoms with Crippen molar-refractivity contribution in [1.29, 1.82) is 0 Å². The number of fused-ring (bicyclic) bond motifs is 1. The molecule has 132 valence electrons. The third-order valence-electron chi connectivity index (χ3n) is 5.41. The van der Waals surface area contributed by atoms with Crippen LogP contribution in [0.15, 0.2) is 77.8 Å². The van der Waals surface area contributed by atoms with E-state index in [0.29, 0.717) is 13.0 Å². The Labute approximate surface area is 159 Å². The van der Waals surface area contributed by atoms with Gasteiger partial charge in [0.1, 0.15) is 0 Å². The highest BCUT2D eigenvalue weighted by Crippen LogP contribution is 2.30. The van der Waals surface area contributed by atoms with Gasteiger partial charge in [0.2, 0.25) is 5.91 Å².